The minimum Gasteiger partial charge on any atom is -0.480 e. The summed E-state index contributed by atoms with van der Waals surface area (Å²) in [7, 11) is 2.83. The average Bonchev–Trinajstić information content (AvgIpc) is 2.83. The van der Waals surface area contributed by atoms with Crippen LogP contribution in [0.5, 0.6) is 0 Å². The number of urea groups is 1. The molecule has 0 bridgehead atoms. The number of carbonyl (C=O) groups is 3. The van der Waals surface area contributed by atoms with Gasteiger partial charge in [0.2, 0.25) is 0 Å². The summed E-state index contributed by atoms with van der Waals surface area (Å²) in [6.07, 6.45) is 1.27. The number of esters is 1. The van der Waals surface area contributed by atoms with Crippen LogP contribution in [0.25, 0.3) is 0 Å². The van der Waals surface area contributed by atoms with Gasteiger partial charge in [-0.1, -0.05) is 0 Å². The summed E-state index contributed by atoms with van der Waals surface area (Å²) in [6.45, 7) is 0.659. The Morgan fingerprint density at radius 1 is 1.44 bits per heavy atom. The topological polar surface area (TPSA) is 87.2 Å². The standard InChI is InChI=1S/C11H18N2O5/c1-12(7-5-9(14)18-2)11(17)13-6-3-4-8(13)10(15)16/h8H,3-7H2,1-2H3,(H,15,16). The number of amides is 2. The maximum atomic E-state index is 12.0. The van der Waals surface area contributed by atoms with Crippen LogP contribution in [0.4, 0.5) is 4.79 Å². The van der Waals surface area contributed by atoms with Crippen molar-refractivity contribution >= 4 is 18.0 Å². The van der Waals surface area contributed by atoms with Crippen LogP contribution in [0.15, 0.2) is 0 Å². The van der Waals surface area contributed by atoms with E-state index in [9.17, 15) is 14.4 Å². The number of hydrogen-bond donors (Lipinski definition) is 1. The maximum absolute atomic E-state index is 12.0. The lowest BCUT2D eigenvalue weighted by atomic mass is 10.2. The van der Waals surface area contributed by atoms with E-state index in [-0.39, 0.29) is 19.0 Å². The molecule has 0 radical (unpaired) electrons. The third kappa shape index (κ3) is 3.35. The molecule has 1 unspecified atom stereocenters. The molecule has 0 aromatic carbocycles. The number of ether oxygens (including phenoxy) is 1. The zero-order valence-corrected chi connectivity index (χ0v) is 10.6. The Morgan fingerprint density at radius 2 is 2.11 bits per heavy atom. The molecule has 18 heavy (non-hydrogen) atoms. The van der Waals surface area contributed by atoms with Gasteiger partial charge in [-0.15, -0.1) is 0 Å². The van der Waals surface area contributed by atoms with Gasteiger partial charge >= 0.3 is 18.0 Å². The number of rotatable bonds is 4. The van der Waals surface area contributed by atoms with Gasteiger partial charge in [-0.2, -0.15) is 0 Å². The fourth-order valence-corrected chi connectivity index (χ4v) is 1.93. The molecular weight excluding hydrogens is 240 g/mol. The van der Waals surface area contributed by atoms with E-state index in [1.807, 2.05) is 0 Å². The van der Waals surface area contributed by atoms with Gasteiger partial charge in [0.15, 0.2) is 0 Å². The van der Waals surface area contributed by atoms with Crippen molar-refractivity contribution < 1.29 is 24.2 Å². The van der Waals surface area contributed by atoms with Crippen LogP contribution in [-0.4, -0.2) is 66.2 Å². The van der Waals surface area contributed by atoms with Crippen LogP contribution < -0.4 is 0 Å². The number of hydrogen-bond acceptors (Lipinski definition) is 4. The molecule has 0 spiro atoms. The second kappa shape index (κ2) is 6.23. The highest BCUT2D eigenvalue weighted by molar-refractivity contribution is 5.83. The van der Waals surface area contributed by atoms with E-state index in [0.29, 0.717) is 19.4 Å². The fourth-order valence-electron chi connectivity index (χ4n) is 1.93. The fraction of sp³-hybridized carbons (Fsp3) is 0.727. The first kappa shape index (κ1) is 14.3. The Bertz CT molecular complexity index is 344. The first-order valence-electron chi connectivity index (χ1n) is 5.78. The van der Waals surface area contributed by atoms with E-state index in [0.717, 1.165) is 0 Å². The molecule has 1 heterocycles. The van der Waals surface area contributed by atoms with Crippen LogP contribution >= 0.6 is 0 Å². The molecule has 0 saturated carbocycles. The van der Waals surface area contributed by atoms with Gasteiger partial charge in [0.1, 0.15) is 6.04 Å². The quantitative estimate of drug-likeness (QED) is 0.725. The molecule has 1 fully saturated rings. The second-order valence-corrected chi connectivity index (χ2v) is 4.22. The van der Waals surface area contributed by atoms with Crippen molar-refractivity contribution in [3.63, 3.8) is 0 Å². The minimum atomic E-state index is -0.984. The SMILES string of the molecule is COC(=O)CCN(C)C(=O)N1CCCC1C(=O)O. The molecule has 1 aliphatic heterocycles. The second-order valence-electron chi connectivity index (χ2n) is 4.22. The minimum absolute atomic E-state index is 0.102. The van der Waals surface area contributed by atoms with Crippen molar-refractivity contribution in [2.75, 3.05) is 27.2 Å². The summed E-state index contributed by atoms with van der Waals surface area (Å²) < 4.78 is 4.48. The zero-order valence-electron chi connectivity index (χ0n) is 10.6. The summed E-state index contributed by atoms with van der Waals surface area (Å²) >= 11 is 0. The maximum Gasteiger partial charge on any atom is 0.326 e. The van der Waals surface area contributed by atoms with Crippen LogP contribution in [0.3, 0.4) is 0 Å². The molecular formula is C11H18N2O5. The predicted octanol–water partition coefficient (Wildman–Crippen LogP) is 0.150. The van der Waals surface area contributed by atoms with Crippen molar-refractivity contribution in [1.29, 1.82) is 0 Å². The lowest BCUT2D eigenvalue weighted by molar-refractivity contribution is -0.142. The van der Waals surface area contributed by atoms with Crippen molar-refractivity contribution in [2.24, 2.45) is 0 Å². The number of carboxylic acid groups (broad SMARTS) is 1. The van der Waals surface area contributed by atoms with E-state index in [2.05, 4.69) is 4.74 Å². The predicted molar refractivity (Wildman–Crippen MR) is 62.0 cm³/mol. The average molecular weight is 258 g/mol. The van der Waals surface area contributed by atoms with Gasteiger partial charge in [-0.25, -0.2) is 9.59 Å². The number of methoxy groups -OCH3 is 1. The van der Waals surface area contributed by atoms with Gasteiger partial charge in [-0.3, -0.25) is 4.79 Å². The van der Waals surface area contributed by atoms with Crippen molar-refractivity contribution in [1.82, 2.24) is 9.80 Å². The Kier molecular flexibility index (Phi) is 4.94. The molecule has 0 aliphatic carbocycles. The third-order valence-electron chi connectivity index (χ3n) is 2.99. The molecule has 1 aliphatic rings. The number of aliphatic carboxylic acids is 1. The van der Waals surface area contributed by atoms with Crippen LogP contribution in [0.1, 0.15) is 19.3 Å². The van der Waals surface area contributed by atoms with Crippen molar-refractivity contribution in [2.45, 2.75) is 25.3 Å². The lowest BCUT2D eigenvalue weighted by Gasteiger charge is -2.27. The molecule has 2 amide bonds. The summed E-state index contributed by atoms with van der Waals surface area (Å²) in [5, 5.41) is 8.98. The highest BCUT2D eigenvalue weighted by atomic mass is 16.5. The smallest absolute Gasteiger partial charge is 0.326 e. The van der Waals surface area contributed by atoms with Crippen LogP contribution in [0, 0.1) is 0 Å². The first-order chi connectivity index (χ1) is 8.47. The Balaban J connectivity index is 2.52. The number of carboxylic acids is 1. The monoisotopic (exact) mass is 258 g/mol. The van der Waals surface area contributed by atoms with Gasteiger partial charge in [0, 0.05) is 20.1 Å². The summed E-state index contributed by atoms with van der Waals surface area (Å²) in [4.78, 5) is 36.6. The Labute approximate surface area is 105 Å². The number of nitrogens with zero attached hydrogens (tertiary/aromatic N) is 2. The molecule has 1 rings (SSSR count). The van der Waals surface area contributed by atoms with Crippen molar-refractivity contribution in [3.05, 3.63) is 0 Å². The molecule has 7 heteroatoms. The largest absolute Gasteiger partial charge is 0.480 e. The van der Waals surface area contributed by atoms with Gasteiger partial charge in [-0.05, 0) is 12.8 Å². The van der Waals surface area contributed by atoms with E-state index in [4.69, 9.17) is 5.11 Å². The molecule has 0 aromatic rings. The molecule has 1 atom stereocenters. The van der Waals surface area contributed by atoms with E-state index in [1.165, 1.54) is 16.9 Å². The highest BCUT2D eigenvalue weighted by Crippen LogP contribution is 2.18. The first-order valence-corrected chi connectivity index (χ1v) is 5.78. The van der Waals surface area contributed by atoms with Gasteiger partial charge < -0.3 is 19.6 Å². The zero-order chi connectivity index (χ0) is 13.7. The van der Waals surface area contributed by atoms with Gasteiger partial charge in [0.25, 0.3) is 0 Å². The normalized spacial score (nSPS) is 18.6. The molecule has 0 aromatic heterocycles. The number of carbonyl (C=O) groups excluding carboxylic acids is 2. The van der Waals surface area contributed by atoms with E-state index < -0.39 is 18.0 Å². The Hall–Kier alpha value is -1.79. The van der Waals surface area contributed by atoms with Crippen LogP contribution in [0.2, 0.25) is 0 Å². The molecule has 1 saturated heterocycles. The summed E-state index contributed by atoms with van der Waals surface area (Å²) in [5.41, 5.74) is 0. The van der Waals surface area contributed by atoms with E-state index in [1.54, 1.807) is 7.05 Å². The van der Waals surface area contributed by atoms with Gasteiger partial charge in [0.05, 0.1) is 13.5 Å². The number of likely N-dealkylation sites (tertiary alicyclic amines) is 1. The molecule has 7 nitrogen and oxygen atoms in total. The molecule has 102 valence electrons. The Morgan fingerprint density at radius 3 is 2.67 bits per heavy atom. The third-order valence-corrected chi connectivity index (χ3v) is 2.99. The highest BCUT2D eigenvalue weighted by Gasteiger charge is 2.35. The van der Waals surface area contributed by atoms with E-state index >= 15 is 0 Å². The summed E-state index contributed by atoms with van der Waals surface area (Å²) in [5.74, 6) is -1.38. The lowest BCUT2D eigenvalue weighted by Crippen LogP contribution is -2.47. The van der Waals surface area contributed by atoms with Crippen molar-refractivity contribution in [3.8, 4) is 0 Å². The summed E-state index contributed by atoms with van der Waals surface area (Å²) in [6, 6.07) is -1.11. The van der Waals surface area contributed by atoms with Crippen LogP contribution in [-0.2, 0) is 14.3 Å². The molecule has 1 N–H and O–H groups in total.